The Bertz CT molecular complexity index is 929. The molecule has 1 aliphatic rings. The van der Waals surface area contributed by atoms with Gasteiger partial charge in [-0.15, -0.1) is 0 Å². The van der Waals surface area contributed by atoms with Gasteiger partial charge in [0.1, 0.15) is 22.9 Å². The van der Waals surface area contributed by atoms with Gasteiger partial charge in [0, 0.05) is 11.3 Å². The monoisotopic (exact) mass is 387 g/mol. The Labute approximate surface area is 159 Å². The summed E-state index contributed by atoms with van der Waals surface area (Å²) in [6.07, 6.45) is 0. The molecule has 0 unspecified atom stereocenters. The van der Waals surface area contributed by atoms with Crippen molar-refractivity contribution in [1.82, 2.24) is 4.98 Å². The van der Waals surface area contributed by atoms with E-state index in [1.54, 1.807) is 24.3 Å². The molecule has 0 spiro atoms. The second-order valence-corrected chi connectivity index (χ2v) is 6.59. The van der Waals surface area contributed by atoms with E-state index in [0.717, 1.165) is 11.3 Å². The number of aromatic nitrogens is 1. The number of rotatable bonds is 6. The molecule has 9 heteroatoms. The zero-order valence-electron chi connectivity index (χ0n) is 14.7. The molecule has 0 radical (unpaired) electrons. The smallest absolute Gasteiger partial charge is 0.369 e. The molecule has 8 nitrogen and oxygen atoms in total. The minimum atomic E-state index is -0.682. The normalized spacial score (nSPS) is 13.1. The fraction of sp³-hybridized carbons (Fsp3) is 0.222. The van der Waals surface area contributed by atoms with E-state index >= 15 is 0 Å². The highest BCUT2D eigenvalue weighted by Crippen LogP contribution is 2.29. The van der Waals surface area contributed by atoms with Crippen LogP contribution in [0.1, 0.15) is 32.0 Å². The summed E-state index contributed by atoms with van der Waals surface area (Å²) in [4.78, 5) is 33.2. The van der Waals surface area contributed by atoms with Gasteiger partial charge in [0.15, 0.2) is 5.84 Å². The maximum atomic E-state index is 12.1. The van der Waals surface area contributed by atoms with Gasteiger partial charge in [-0.2, -0.15) is 0 Å². The van der Waals surface area contributed by atoms with Crippen LogP contribution in [0.4, 0.5) is 0 Å². The molecule has 140 valence electrons. The van der Waals surface area contributed by atoms with Crippen molar-refractivity contribution in [1.29, 1.82) is 0 Å². The average Bonchev–Trinajstić information content (AvgIpc) is 3.04. The van der Waals surface area contributed by atoms with Gasteiger partial charge >= 0.3 is 11.9 Å². The van der Waals surface area contributed by atoms with Crippen molar-refractivity contribution in [2.45, 2.75) is 18.6 Å². The topological polar surface area (TPSA) is 113 Å². The molecule has 3 rings (SSSR count). The number of aryl methyl sites for hydroxylation is 1. The summed E-state index contributed by atoms with van der Waals surface area (Å²) in [5.74, 6) is -0.443. The van der Waals surface area contributed by atoms with E-state index in [1.165, 1.54) is 18.9 Å². The number of nitrogens with two attached hydrogens (primary N) is 1. The lowest BCUT2D eigenvalue weighted by Crippen LogP contribution is -2.17. The van der Waals surface area contributed by atoms with Crippen LogP contribution in [0.3, 0.4) is 0 Å². The zero-order valence-corrected chi connectivity index (χ0v) is 15.5. The Kier molecular flexibility index (Phi) is 5.60. The summed E-state index contributed by atoms with van der Waals surface area (Å²) >= 11 is 1.22. The molecular formula is C18H17N3O5S. The van der Waals surface area contributed by atoms with E-state index in [4.69, 9.17) is 20.0 Å². The molecule has 0 saturated carbocycles. The number of carbonyl (C=O) groups is 2. The van der Waals surface area contributed by atoms with E-state index in [-0.39, 0.29) is 23.8 Å². The minimum Gasteiger partial charge on any atom is -0.496 e. The second-order valence-electron chi connectivity index (χ2n) is 5.63. The number of para-hydroxylation sites is 1. The van der Waals surface area contributed by atoms with Gasteiger partial charge in [0.2, 0.25) is 0 Å². The first-order valence-corrected chi connectivity index (χ1v) is 8.95. The predicted molar refractivity (Wildman–Crippen MR) is 98.8 cm³/mol. The molecule has 1 aromatic heterocycles. The number of amidine groups is 1. The first-order chi connectivity index (χ1) is 13.0. The number of thioether (sulfide) groups is 1. The van der Waals surface area contributed by atoms with E-state index in [9.17, 15) is 9.59 Å². The van der Waals surface area contributed by atoms with Crippen LogP contribution in [0, 0.1) is 6.92 Å². The number of ether oxygens (including phenoxy) is 2. The molecule has 2 N–H and O–H groups in total. The van der Waals surface area contributed by atoms with E-state index < -0.39 is 11.9 Å². The van der Waals surface area contributed by atoms with Gasteiger partial charge in [-0.3, -0.25) is 0 Å². The van der Waals surface area contributed by atoms with Crippen LogP contribution in [0.15, 0.2) is 40.5 Å². The number of methoxy groups -OCH3 is 1. The van der Waals surface area contributed by atoms with Crippen LogP contribution < -0.4 is 10.5 Å². The number of nitrogens with zero attached hydrogens (tertiary/aromatic N) is 2. The van der Waals surface area contributed by atoms with Gasteiger partial charge in [-0.25, -0.2) is 14.6 Å². The molecule has 0 aliphatic carbocycles. The summed E-state index contributed by atoms with van der Waals surface area (Å²) in [5.41, 5.74) is 8.07. The maximum absolute atomic E-state index is 12.1. The molecular weight excluding hydrogens is 370 g/mol. The van der Waals surface area contributed by atoms with Crippen molar-refractivity contribution in [3.8, 4) is 5.75 Å². The Morgan fingerprint density at radius 1 is 1.41 bits per heavy atom. The first kappa shape index (κ1) is 18.7. The predicted octanol–water partition coefficient (Wildman–Crippen LogP) is 2.29. The van der Waals surface area contributed by atoms with Crippen LogP contribution in [0.5, 0.6) is 5.75 Å². The van der Waals surface area contributed by atoms with E-state index in [0.29, 0.717) is 16.3 Å². The molecule has 0 saturated heterocycles. The Morgan fingerprint density at radius 3 is 2.96 bits per heavy atom. The first-order valence-electron chi connectivity index (χ1n) is 7.96. The van der Waals surface area contributed by atoms with E-state index in [2.05, 4.69) is 10.1 Å². The van der Waals surface area contributed by atoms with E-state index in [1.807, 2.05) is 13.0 Å². The number of benzene rings is 1. The molecule has 2 heterocycles. The van der Waals surface area contributed by atoms with Gasteiger partial charge in [-0.05, 0) is 25.1 Å². The van der Waals surface area contributed by atoms with Crippen molar-refractivity contribution < 1.29 is 23.9 Å². The highest BCUT2D eigenvalue weighted by Gasteiger charge is 2.26. The molecule has 0 fully saturated rings. The number of esters is 1. The lowest BCUT2D eigenvalue weighted by atomic mass is 10.1. The quantitative estimate of drug-likeness (QED) is 0.201. The summed E-state index contributed by atoms with van der Waals surface area (Å²) in [6, 6.07) is 8.44. The van der Waals surface area contributed by atoms with Crippen molar-refractivity contribution in [2.75, 3.05) is 12.9 Å². The number of carbonyl (C=O) groups excluding carboxylic acids is 2. The van der Waals surface area contributed by atoms with Crippen molar-refractivity contribution in [3.05, 3.63) is 52.7 Å². The average molecular weight is 387 g/mol. The van der Waals surface area contributed by atoms with Gasteiger partial charge in [0.25, 0.3) is 0 Å². The van der Waals surface area contributed by atoms with Crippen molar-refractivity contribution >= 4 is 29.5 Å². The molecule has 0 amide bonds. The van der Waals surface area contributed by atoms with Crippen LogP contribution in [0.2, 0.25) is 0 Å². The molecule has 0 bridgehead atoms. The fourth-order valence-electron chi connectivity index (χ4n) is 2.49. The highest BCUT2D eigenvalue weighted by atomic mass is 32.2. The molecule has 1 aromatic carbocycles. The number of cyclic esters (lactones) is 1. The number of fused-ring (bicyclic) bond motifs is 1. The third-order valence-corrected chi connectivity index (χ3v) is 4.70. The van der Waals surface area contributed by atoms with Crippen molar-refractivity contribution in [2.24, 2.45) is 10.9 Å². The summed E-state index contributed by atoms with van der Waals surface area (Å²) in [6.45, 7) is 2.07. The lowest BCUT2D eigenvalue weighted by Gasteiger charge is -2.07. The number of hydrogen-bond acceptors (Lipinski definition) is 8. The minimum absolute atomic E-state index is 0.0756. The SMILES string of the molecule is COc1ccccc1C(=O)O/N=C(\N)CSc1nc(C)cc2c1C(=O)OC2. The van der Waals surface area contributed by atoms with Gasteiger partial charge in [0.05, 0.1) is 18.4 Å². The van der Waals surface area contributed by atoms with Crippen LogP contribution in [0.25, 0.3) is 0 Å². The standard InChI is InChI=1S/C18H17N3O5S/c1-10-7-11-8-25-18(23)15(11)16(20-10)27-9-14(19)21-26-17(22)12-5-3-4-6-13(12)24-2/h3-7H,8-9H2,1-2H3,(H2,19,21). The van der Waals surface area contributed by atoms with Gasteiger partial charge < -0.3 is 20.0 Å². The zero-order chi connectivity index (χ0) is 19.4. The highest BCUT2D eigenvalue weighted by molar-refractivity contribution is 8.00. The fourth-order valence-corrected chi connectivity index (χ4v) is 3.40. The maximum Gasteiger partial charge on any atom is 0.369 e. The summed E-state index contributed by atoms with van der Waals surface area (Å²) in [5, 5.41) is 4.17. The van der Waals surface area contributed by atoms with Crippen LogP contribution in [-0.4, -0.2) is 35.6 Å². The van der Waals surface area contributed by atoms with Gasteiger partial charge in [-0.1, -0.05) is 29.1 Å². The Morgan fingerprint density at radius 2 is 2.19 bits per heavy atom. The second kappa shape index (κ2) is 8.09. The van der Waals surface area contributed by atoms with Crippen LogP contribution >= 0.6 is 11.8 Å². The molecule has 27 heavy (non-hydrogen) atoms. The Balaban J connectivity index is 1.66. The third-order valence-electron chi connectivity index (χ3n) is 3.69. The van der Waals surface area contributed by atoms with Crippen LogP contribution in [-0.2, 0) is 16.2 Å². The number of pyridine rings is 1. The summed E-state index contributed by atoms with van der Waals surface area (Å²) < 4.78 is 10.1. The lowest BCUT2D eigenvalue weighted by molar-refractivity contribution is 0.0508. The number of oxime groups is 1. The molecule has 0 atom stereocenters. The Hall–Kier alpha value is -3.07. The molecule has 2 aromatic rings. The largest absolute Gasteiger partial charge is 0.496 e. The molecule has 1 aliphatic heterocycles. The summed E-state index contributed by atoms with van der Waals surface area (Å²) in [7, 11) is 1.46. The third kappa shape index (κ3) is 4.20. The van der Waals surface area contributed by atoms with Crippen molar-refractivity contribution in [3.63, 3.8) is 0 Å². The number of hydrogen-bond donors (Lipinski definition) is 1.